The molecule has 0 radical (unpaired) electrons. The van der Waals surface area contributed by atoms with Crippen LogP contribution in [0, 0.1) is 0 Å². The molecule has 1 rings (SSSR count). The summed E-state index contributed by atoms with van der Waals surface area (Å²) in [5.41, 5.74) is 6.71. The van der Waals surface area contributed by atoms with Crippen LogP contribution in [-0.2, 0) is 0 Å². The number of hydrogen-bond acceptors (Lipinski definition) is 2. The molecule has 0 spiro atoms. The van der Waals surface area contributed by atoms with E-state index in [1.165, 1.54) is 44.9 Å². The third kappa shape index (κ3) is 4.07. The van der Waals surface area contributed by atoms with Crippen molar-refractivity contribution in [3.63, 3.8) is 0 Å². The van der Waals surface area contributed by atoms with Crippen LogP contribution in [0.5, 0.6) is 0 Å². The summed E-state index contributed by atoms with van der Waals surface area (Å²) in [5, 5.41) is 0. The molecule has 0 unspecified atom stereocenters. The summed E-state index contributed by atoms with van der Waals surface area (Å²) in [6.45, 7) is 3.34. The van der Waals surface area contributed by atoms with Crippen molar-refractivity contribution in [3.8, 4) is 0 Å². The molecule has 72 valence electrons. The van der Waals surface area contributed by atoms with Gasteiger partial charge in [-0.25, -0.2) is 0 Å². The molecule has 0 aromatic heterocycles. The minimum atomic E-state index is 0.746. The van der Waals surface area contributed by atoms with Crippen molar-refractivity contribution in [1.82, 2.24) is 10.9 Å². The first-order valence-corrected chi connectivity index (χ1v) is 5.42. The summed E-state index contributed by atoms with van der Waals surface area (Å²) in [6, 6.07) is 0.746. The normalized spacial score (nSPS) is 19.8. The molecule has 1 aliphatic carbocycles. The topological polar surface area (TPSA) is 24.1 Å². The number of rotatable bonds is 5. The van der Waals surface area contributed by atoms with Crippen LogP contribution >= 0.6 is 0 Å². The molecule has 0 heterocycles. The average molecular weight is 170 g/mol. The Morgan fingerprint density at radius 3 is 2.58 bits per heavy atom. The zero-order chi connectivity index (χ0) is 8.65. The lowest BCUT2D eigenvalue weighted by Gasteiger charge is -2.23. The van der Waals surface area contributed by atoms with Gasteiger partial charge in [-0.3, -0.25) is 10.9 Å². The van der Waals surface area contributed by atoms with Crippen LogP contribution in [0.15, 0.2) is 0 Å². The smallest absolute Gasteiger partial charge is 0.0212 e. The maximum atomic E-state index is 3.41. The van der Waals surface area contributed by atoms with Gasteiger partial charge in [0.2, 0.25) is 0 Å². The second-order valence-corrected chi connectivity index (χ2v) is 3.76. The molecule has 0 saturated heterocycles. The van der Waals surface area contributed by atoms with Crippen molar-refractivity contribution in [2.45, 2.75) is 57.9 Å². The first-order chi connectivity index (χ1) is 5.93. The standard InChI is InChI=1S/C10H22N2/c1-2-3-9-11-12-10-7-5-4-6-8-10/h10-12H,2-9H2,1H3. The predicted octanol–water partition coefficient (Wildman–Crippen LogP) is 2.21. The minimum Gasteiger partial charge on any atom is -0.258 e. The Hall–Kier alpha value is -0.0800. The Balaban J connectivity index is 1.91. The molecule has 0 aliphatic heterocycles. The lowest BCUT2D eigenvalue weighted by Crippen LogP contribution is -2.42. The highest BCUT2D eigenvalue weighted by molar-refractivity contribution is 4.69. The summed E-state index contributed by atoms with van der Waals surface area (Å²) in [7, 11) is 0. The van der Waals surface area contributed by atoms with E-state index in [1.807, 2.05) is 0 Å². The van der Waals surface area contributed by atoms with Gasteiger partial charge in [-0.05, 0) is 19.3 Å². The molecule has 0 bridgehead atoms. The van der Waals surface area contributed by atoms with E-state index in [-0.39, 0.29) is 0 Å². The zero-order valence-corrected chi connectivity index (χ0v) is 8.23. The SMILES string of the molecule is CCCCNNC1CCCCC1. The highest BCUT2D eigenvalue weighted by Crippen LogP contribution is 2.16. The Labute approximate surface area is 76.1 Å². The van der Waals surface area contributed by atoms with Gasteiger partial charge in [-0.2, -0.15) is 0 Å². The predicted molar refractivity (Wildman–Crippen MR) is 52.9 cm³/mol. The quantitative estimate of drug-likeness (QED) is 0.488. The summed E-state index contributed by atoms with van der Waals surface area (Å²) in [6.07, 6.45) is 9.53. The fourth-order valence-electron chi connectivity index (χ4n) is 1.73. The van der Waals surface area contributed by atoms with Gasteiger partial charge in [0.25, 0.3) is 0 Å². The highest BCUT2D eigenvalue weighted by Gasteiger charge is 2.11. The Morgan fingerprint density at radius 1 is 1.17 bits per heavy atom. The summed E-state index contributed by atoms with van der Waals surface area (Å²) in [4.78, 5) is 0. The molecule has 0 aromatic rings. The van der Waals surface area contributed by atoms with Gasteiger partial charge in [0.15, 0.2) is 0 Å². The largest absolute Gasteiger partial charge is 0.258 e. The Kier molecular flexibility index (Phi) is 5.37. The van der Waals surface area contributed by atoms with Crippen molar-refractivity contribution >= 4 is 0 Å². The van der Waals surface area contributed by atoms with Gasteiger partial charge in [0.1, 0.15) is 0 Å². The molecule has 0 aromatic carbocycles. The lowest BCUT2D eigenvalue weighted by atomic mass is 9.96. The van der Waals surface area contributed by atoms with Crippen LogP contribution in [0.1, 0.15) is 51.9 Å². The van der Waals surface area contributed by atoms with Crippen molar-refractivity contribution in [2.24, 2.45) is 0 Å². The van der Waals surface area contributed by atoms with Crippen LogP contribution in [0.3, 0.4) is 0 Å². The maximum absolute atomic E-state index is 3.41. The van der Waals surface area contributed by atoms with Crippen LogP contribution in [0.2, 0.25) is 0 Å². The van der Waals surface area contributed by atoms with Crippen LogP contribution in [-0.4, -0.2) is 12.6 Å². The van der Waals surface area contributed by atoms with Gasteiger partial charge in [-0.1, -0.05) is 32.6 Å². The van der Waals surface area contributed by atoms with E-state index in [0.29, 0.717) is 0 Å². The summed E-state index contributed by atoms with van der Waals surface area (Å²) < 4.78 is 0. The number of unbranched alkanes of at least 4 members (excludes halogenated alkanes) is 1. The van der Waals surface area contributed by atoms with E-state index in [4.69, 9.17) is 0 Å². The van der Waals surface area contributed by atoms with Gasteiger partial charge in [0, 0.05) is 12.6 Å². The van der Waals surface area contributed by atoms with Crippen molar-refractivity contribution in [3.05, 3.63) is 0 Å². The molecule has 1 fully saturated rings. The summed E-state index contributed by atoms with van der Waals surface area (Å²) in [5.74, 6) is 0. The van der Waals surface area contributed by atoms with E-state index >= 15 is 0 Å². The van der Waals surface area contributed by atoms with Gasteiger partial charge in [-0.15, -0.1) is 0 Å². The molecule has 2 nitrogen and oxygen atoms in total. The third-order valence-corrected chi connectivity index (χ3v) is 2.57. The van der Waals surface area contributed by atoms with Gasteiger partial charge < -0.3 is 0 Å². The Morgan fingerprint density at radius 2 is 1.92 bits per heavy atom. The van der Waals surface area contributed by atoms with E-state index in [1.54, 1.807) is 0 Å². The second kappa shape index (κ2) is 6.44. The second-order valence-electron chi connectivity index (χ2n) is 3.76. The van der Waals surface area contributed by atoms with Crippen LogP contribution in [0.4, 0.5) is 0 Å². The first kappa shape index (κ1) is 10.0. The number of nitrogens with one attached hydrogen (secondary N) is 2. The van der Waals surface area contributed by atoms with Gasteiger partial charge >= 0.3 is 0 Å². The van der Waals surface area contributed by atoms with E-state index in [2.05, 4.69) is 17.8 Å². The number of hydrogen-bond donors (Lipinski definition) is 2. The molecule has 1 saturated carbocycles. The maximum Gasteiger partial charge on any atom is 0.0212 e. The molecule has 1 aliphatic rings. The van der Waals surface area contributed by atoms with Crippen molar-refractivity contribution < 1.29 is 0 Å². The monoisotopic (exact) mass is 170 g/mol. The average Bonchev–Trinajstić information content (AvgIpc) is 2.14. The lowest BCUT2D eigenvalue weighted by molar-refractivity contribution is 0.333. The van der Waals surface area contributed by atoms with E-state index in [0.717, 1.165) is 12.6 Å². The zero-order valence-electron chi connectivity index (χ0n) is 8.23. The first-order valence-electron chi connectivity index (χ1n) is 5.42. The molecule has 12 heavy (non-hydrogen) atoms. The van der Waals surface area contributed by atoms with Crippen LogP contribution in [0.25, 0.3) is 0 Å². The molecule has 2 heteroatoms. The van der Waals surface area contributed by atoms with Crippen LogP contribution < -0.4 is 10.9 Å². The van der Waals surface area contributed by atoms with E-state index < -0.39 is 0 Å². The fourth-order valence-corrected chi connectivity index (χ4v) is 1.73. The van der Waals surface area contributed by atoms with E-state index in [9.17, 15) is 0 Å². The fraction of sp³-hybridized carbons (Fsp3) is 1.00. The Bertz CT molecular complexity index is 98.0. The van der Waals surface area contributed by atoms with Crippen molar-refractivity contribution in [1.29, 1.82) is 0 Å². The molecular formula is C10H22N2. The minimum absolute atomic E-state index is 0.746. The van der Waals surface area contributed by atoms with Crippen molar-refractivity contribution in [2.75, 3.05) is 6.54 Å². The highest BCUT2D eigenvalue weighted by atomic mass is 15.4. The molecular weight excluding hydrogens is 148 g/mol. The summed E-state index contributed by atoms with van der Waals surface area (Å²) >= 11 is 0. The molecule has 0 amide bonds. The van der Waals surface area contributed by atoms with Gasteiger partial charge in [0.05, 0.1) is 0 Å². The third-order valence-electron chi connectivity index (χ3n) is 2.57. The molecule has 0 atom stereocenters. The molecule has 2 N–H and O–H groups in total. The number of hydrazine groups is 1.